The van der Waals surface area contributed by atoms with E-state index in [1.807, 2.05) is 11.3 Å². The van der Waals surface area contributed by atoms with E-state index in [4.69, 9.17) is 4.98 Å². The highest BCUT2D eigenvalue weighted by atomic mass is 32.1. The van der Waals surface area contributed by atoms with Crippen LogP contribution in [-0.4, -0.2) is 37.1 Å². The van der Waals surface area contributed by atoms with Gasteiger partial charge in [0.1, 0.15) is 0 Å². The molecule has 0 spiro atoms. The normalized spacial score (nSPS) is 11.3. The Kier molecular flexibility index (Phi) is 5.95. The summed E-state index contributed by atoms with van der Waals surface area (Å²) in [7, 11) is 4.21. The molecule has 1 heterocycles. The van der Waals surface area contributed by atoms with Gasteiger partial charge in [-0.25, -0.2) is 4.98 Å². The minimum absolute atomic E-state index is 0.972. The Bertz CT molecular complexity index is 307. The molecule has 0 amide bonds. The molecule has 1 aromatic rings. The Morgan fingerprint density at radius 3 is 2.62 bits per heavy atom. The minimum atomic E-state index is 0.972. The summed E-state index contributed by atoms with van der Waals surface area (Å²) < 4.78 is 0. The zero-order valence-electron chi connectivity index (χ0n) is 10.8. The number of rotatable bonds is 7. The van der Waals surface area contributed by atoms with Crippen LogP contribution in [0.2, 0.25) is 0 Å². The van der Waals surface area contributed by atoms with E-state index in [0.717, 1.165) is 32.5 Å². The average molecular weight is 241 g/mol. The lowest BCUT2D eigenvalue weighted by atomic mass is 10.3. The van der Waals surface area contributed by atoms with Gasteiger partial charge in [-0.2, -0.15) is 0 Å². The third-order valence-corrected chi connectivity index (χ3v) is 3.62. The molecular weight excluding hydrogens is 218 g/mol. The molecule has 92 valence electrons. The maximum absolute atomic E-state index is 4.71. The van der Waals surface area contributed by atoms with Crippen LogP contribution >= 0.6 is 11.3 Å². The molecule has 1 aromatic heterocycles. The molecule has 0 radical (unpaired) electrons. The van der Waals surface area contributed by atoms with E-state index in [0.29, 0.717) is 0 Å². The van der Waals surface area contributed by atoms with Gasteiger partial charge in [0, 0.05) is 24.4 Å². The molecule has 0 aromatic carbocycles. The van der Waals surface area contributed by atoms with Crippen LogP contribution in [0.3, 0.4) is 0 Å². The zero-order valence-corrected chi connectivity index (χ0v) is 11.7. The second kappa shape index (κ2) is 6.99. The summed E-state index contributed by atoms with van der Waals surface area (Å²) in [6, 6.07) is 0. The van der Waals surface area contributed by atoms with Crippen molar-refractivity contribution < 1.29 is 0 Å². The summed E-state index contributed by atoms with van der Waals surface area (Å²) in [4.78, 5) is 8.33. The standard InChI is InChI=1S/C12H23N3S/c1-5-10-11(9-13-6-2)16-12(14-10)7-8-15(3)4/h13H,5-9H2,1-4H3. The Balaban J connectivity index is 2.61. The van der Waals surface area contributed by atoms with Crippen molar-refractivity contribution in [1.29, 1.82) is 0 Å². The fourth-order valence-corrected chi connectivity index (χ4v) is 2.63. The molecule has 0 saturated heterocycles. The molecule has 0 unspecified atom stereocenters. The van der Waals surface area contributed by atoms with Crippen LogP contribution in [0.4, 0.5) is 0 Å². The quantitative estimate of drug-likeness (QED) is 0.790. The van der Waals surface area contributed by atoms with Crippen LogP contribution in [0.1, 0.15) is 29.4 Å². The molecule has 3 nitrogen and oxygen atoms in total. The van der Waals surface area contributed by atoms with E-state index in [1.165, 1.54) is 15.6 Å². The summed E-state index contributed by atoms with van der Waals surface area (Å²) in [6.07, 6.45) is 2.11. The van der Waals surface area contributed by atoms with E-state index >= 15 is 0 Å². The molecule has 0 aliphatic rings. The van der Waals surface area contributed by atoms with Crippen LogP contribution in [-0.2, 0) is 19.4 Å². The molecule has 16 heavy (non-hydrogen) atoms. The van der Waals surface area contributed by atoms with Gasteiger partial charge in [-0.3, -0.25) is 0 Å². The van der Waals surface area contributed by atoms with Crippen molar-refractivity contribution in [2.45, 2.75) is 33.2 Å². The van der Waals surface area contributed by atoms with E-state index in [1.54, 1.807) is 0 Å². The van der Waals surface area contributed by atoms with Crippen molar-refractivity contribution in [3.05, 3.63) is 15.6 Å². The minimum Gasteiger partial charge on any atom is -0.312 e. The summed E-state index contributed by atoms with van der Waals surface area (Å²) in [6.45, 7) is 7.39. The molecule has 0 atom stereocenters. The highest BCUT2D eigenvalue weighted by molar-refractivity contribution is 7.11. The smallest absolute Gasteiger partial charge is 0.0944 e. The van der Waals surface area contributed by atoms with Crippen LogP contribution in [0.25, 0.3) is 0 Å². The van der Waals surface area contributed by atoms with Gasteiger partial charge in [0.15, 0.2) is 0 Å². The van der Waals surface area contributed by atoms with E-state index in [2.05, 4.69) is 38.2 Å². The van der Waals surface area contributed by atoms with Gasteiger partial charge in [0.05, 0.1) is 10.7 Å². The first-order valence-corrected chi connectivity index (χ1v) is 6.81. The number of aryl methyl sites for hydroxylation is 1. The number of nitrogens with zero attached hydrogens (tertiary/aromatic N) is 2. The molecule has 0 aliphatic heterocycles. The summed E-state index contributed by atoms with van der Waals surface area (Å²) >= 11 is 1.87. The Morgan fingerprint density at radius 1 is 1.31 bits per heavy atom. The van der Waals surface area contributed by atoms with Gasteiger partial charge in [-0.1, -0.05) is 13.8 Å². The monoisotopic (exact) mass is 241 g/mol. The maximum atomic E-state index is 4.71. The number of hydrogen-bond acceptors (Lipinski definition) is 4. The Morgan fingerprint density at radius 2 is 2.06 bits per heavy atom. The van der Waals surface area contributed by atoms with Gasteiger partial charge in [-0.05, 0) is 27.1 Å². The molecule has 0 aliphatic carbocycles. The number of thiazole rings is 1. The zero-order chi connectivity index (χ0) is 12.0. The van der Waals surface area contributed by atoms with Gasteiger partial charge < -0.3 is 10.2 Å². The third kappa shape index (κ3) is 4.20. The third-order valence-electron chi connectivity index (χ3n) is 2.47. The van der Waals surface area contributed by atoms with Gasteiger partial charge in [0.2, 0.25) is 0 Å². The lowest BCUT2D eigenvalue weighted by molar-refractivity contribution is 0.413. The molecule has 1 N–H and O–H groups in total. The highest BCUT2D eigenvalue weighted by Crippen LogP contribution is 2.19. The second-order valence-electron chi connectivity index (χ2n) is 4.16. The highest BCUT2D eigenvalue weighted by Gasteiger charge is 2.09. The van der Waals surface area contributed by atoms with Crippen molar-refractivity contribution in [1.82, 2.24) is 15.2 Å². The predicted molar refractivity (Wildman–Crippen MR) is 71.1 cm³/mol. The molecule has 0 saturated carbocycles. The first-order valence-electron chi connectivity index (χ1n) is 6.00. The first-order chi connectivity index (χ1) is 7.67. The SMILES string of the molecule is CCNCc1sc(CCN(C)C)nc1CC. The summed E-state index contributed by atoms with van der Waals surface area (Å²) in [5, 5.41) is 4.65. The van der Waals surface area contributed by atoms with Gasteiger partial charge in [-0.15, -0.1) is 11.3 Å². The van der Waals surface area contributed by atoms with Gasteiger partial charge in [0.25, 0.3) is 0 Å². The Hall–Kier alpha value is -0.450. The first kappa shape index (κ1) is 13.6. The van der Waals surface area contributed by atoms with E-state index in [-0.39, 0.29) is 0 Å². The van der Waals surface area contributed by atoms with Crippen LogP contribution in [0.5, 0.6) is 0 Å². The van der Waals surface area contributed by atoms with Gasteiger partial charge >= 0.3 is 0 Å². The summed E-state index contributed by atoms with van der Waals surface area (Å²) in [5.74, 6) is 0. The molecule has 0 fully saturated rings. The lowest BCUT2D eigenvalue weighted by Gasteiger charge is -2.06. The number of aromatic nitrogens is 1. The van der Waals surface area contributed by atoms with Crippen molar-refractivity contribution in [3.8, 4) is 0 Å². The van der Waals surface area contributed by atoms with Crippen LogP contribution in [0.15, 0.2) is 0 Å². The number of nitrogens with one attached hydrogen (secondary N) is 1. The summed E-state index contributed by atoms with van der Waals surface area (Å²) in [5.41, 5.74) is 1.28. The number of hydrogen-bond donors (Lipinski definition) is 1. The molecular formula is C12H23N3S. The van der Waals surface area contributed by atoms with Crippen molar-refractivity contribution in [3.63, 3.8) is 0 Å². The van der Waals surface area contributed by atoms with Crippen molar-refractivity contribution in [2.24, 2.45) is 0 Å². The fourth-order valence-electron chi connectivity index (χ4n) is 1.52. The van der Waals surface area contributed by atoms with Crippen LogP contribution < -0.4 is 5.32 Å². The predicted octanol–water partition coefficient (Wildman–Crippen LogP) is 1.92. The Labute approximate surface area is 103 Å². The number of likely N-dealkylation sites (N-methyl/N-ethyl adjacent to an activating group) is 1. The van der Waals surface area contributed by atoms with Crippen molar-refractivity contribution in [2.75, 3.05) is 27.2 Å². The molecule has 4 heteroatoms. The topological polar surface area (TPSA) is 28.2 Å². The second-order valence-corrected chi connectivity index (χ2v) is 5.33. The largest absolute Gasteiger partial charge is 0.312 e. The lowest BCUT2D eigenvalue weighted by Crippen LogP contribution is -2.14. The maximum Gasteiger partial charge on any atom is 0.0944 e. The van der Waals surface area contributed by atoms with E-state index in [9.17, 15) is 0 Å². The fraction of sp³-hybridized carbons (Fsp3) is 0.750. The van der Waals surface area contributed by atoms with Crippen molar-refractivity contribution >= 4 is 11.3 Å². The molecule has 0 bridgehead atoms. The van der Waals surface area contributed by atoms with E-state index < -0.39 is 0 Å². The molecule has 1 rings (SSSR count). The van der Waals surface area contributed by atoms with Crippen LogP contribution in [0, 0.1) is 0 Å². The average Bonchev–Trinajstić information content (AvgIpc) is 2.66.